The van der Waals surface area contributed by atoms with E-state index >= 15 is 0 Å². The van der Waals surface area contributed by atoms with E-state index in [-0.39, 0.29) is 35.9 Å². The van der Waals surface area contributed by atoms with Crippen LogP contribution in [0.2, 0.25) is 0 Å². The number of aromatic carboxylic acids is 2. The quantitative estimate of drug-likeness (QED) is 0.193. The van der Waals surface area contributed by atoms with E-state index in [0.29, 0.717) is 11.1 Å². The second-order valence-corrected chi connectivity index (χ2v) is 15.0. The van der Waals surface area contributed by atoms with Gasteiger partial charge in [-0.25, -0.2) is 18.7 Å². The minimum absolute atomic E-state index is 0. The molecular formula is C48H46Cl2N4O6. The van der Waals surface area contributed by atoms with Crippen LogP contribution in [0, 0.1) is 0 Å². The molecule has 0 fully saturated rings. The summed E-state index contributed by atoms with van der Waals surface area (Å²) in [7, 11) is 15.8. The Hall–Kier alpha value is -6.62. The van der Waals surface area contributed by atoms with E-state index in [1.807, 2.05) is 172 Å². The summed E-state index contributed by atoms with van der Waals surface area (Å²) < 4.78 is 16.6. The maximum atomic E-state index is 11.9. The lowest BCUT2D eigenvalue weighted by Crippen LogP contribution is -3.00. The van der Waals surface area contributed by atoms with Crippen molar-refractivity contribution in [2.75, 3.05) is 66.2 Å². The van der Waals surface area contributed by atoms with Crippen LogP contribution in [0.1, 0.15) is 20.7 Å². The predicted molar refractivity (Wildman–Crippen MR) is 233 cm³/mol. The number of nitrogens with zero attached hydrogens (tertiary/aromatic N) is 4. The third-order valence-corrected chi connectivity index (χ3v) is 10.3. The van der Waals surface area contributed by atoms with Gasteiger partial charge in [0.2, 0.25) is 10.7 Å². The number of hydrogen-bond acceptors (Lipinski definition) is 6. The summed E-state index contributed by atoms with van der Waals surface area (Å²) in [5.74, 6) is -0.459. The van der Waals surface area contributed by atoms with Crippen molar-refractivity contribution in [3.05, 3.63) is 143 Å². The van der Waals surface area contributed by atoms with Gasteiger partial charge in [-0.05, 0) is 59.7 Å². The Labute approximate surface area is 360 Å². The minimum atomic E-state index is -0.947. The molecule has 12 heteroatoms. The van der Waals surface area contributed by atoms with E-state index in [1.54, 1.807) is 24.3 Å². The van der Waals surface area contributed by atoms with Gasteiger partial charge < -0.3 is 53.7 Å². The Balaban J connectivity index is 0.000000220. The zero-order chi connectivity index (χ0) is 41.4. The fourth-order valence-corrected chi connectivity index (χ4v) is 7.20. The molecule has 2 aliphatic heterocycles. The summed E-state index contributed by atoms with van der Waals surface area (Å²) in [6.07, 6.45) is 0. The average molecular weight is 846 g/mol. The van der Waals surface area contributed by atoms with Crippen LogP contribution in [-0.4, -0.2) is 78.5 Å². The van der Waals surface area contributed by atoms with Gasteiger partial charge in [-0.1, -0.05) is 36.4 Å². The summed E-state index contributed by atoms with van der Waals surface area (Å²) in [5, 5.41) is 23.3. The molecular weight excluding hydrogens is 799 g/mol. The van der Waals surface area contributed by atoms with Crippen molar-refractivity contribution >= 4 is 45.3 Å². The molecule has 0 amide bonds. The smallest absolute Gasteiger partial charge is 0.336 e. The molecule has 0 aromatic heterocycles. The normalized spacial score (nSPS) is 10.7. The van der Waals surface area contributed by atoms with Crippen LogP contribution in [0.4, 0.5) is 11.4 Å². The molecule has 4 aromatic carbocycles. The molecule has 0 saturated heterocycles. The zero-order valence-corrected chi connectivity index (χ0v) is 36.1. The molecule has 2 N–H and O–H groups in total. The van der Waals surface area contributed by atoms with Crippen LogP contribution < -0.4 is 54.5 Å². The van der Waals surface area contributed by atoms with Gasteiger partial charge in [-0.15, -0.1) is 0 Å². The Morgan fingerprint density at radius 2 is 0.850 bits per heavy atom. The van der Waals surface area contributed by atoms with Gasteiger partial charge in [0.25, 0.3) is 0 Å². The summed E-state index contributed by atoms with van der Waals surface area (Å²) >= 11 is 0. The van der Waals surface area contributed by atoms with Crippen molar-refractivity contribution in [3.63, 3.8) is 0 Å². The van der Waals surface area contributed by atoms with Crippen LogP contribution >= 0.6 is 0 Å². The Morgan fingerprint density at radius 3 is 1.18 bits per heavy atom. The highest BCUT2D eigenvalue weighted by atomic mass is 35.5. The van der Waals surface area contributed by atoms with E-state index in [1.165, 1.54) is 0 Å². The van der Waals surface area contributed by atoms with Gasteiger partial charge in [0.15, 0.2) is 0 Å². The monoisotopic (exact) mass is 844 g/mol. The molecule has 2 heterocycles. The molecule has 60 heavy (non-hydrogen) atoms. The largest absolute Gasteiger partial charge is 1.00 e. The van der Waals surface area contributed by atoms with E-state index in [4.69, 9.17) is 8.83 Å². The molecule has 0 unspecified atom stereocenters. The molecule has 4 aromatic rings. The highest BCUT2D eigenvalue weighted by molar-refractivity contribution is 6.09. The SMILES string of the molecule is CN(C)c1ccc2c(-c3ccccc3C(=O)O)c3ccc(=[N+](C)C)cc-3oc2c1.CN(C)c1ccc2c(-c3ccccc3C(=O)O)c3ccc(=[N+](C)C)cc-3oc2c1.[Cl-].[Cl-]. The van der Waals surface area contributed by atoms with Crippen molar-refractivity contribution in [1.82, 2.24) is 9.15 Å². The van der Waals surface area contributed by atoms with Gasteiger partial charge in [0.05, 0.1) is 23.3 Å². The fourth-order valence-electron chi connectivity index (χ4n) is 7.20. The summed E-state index contributed by atoms with van der Waals surface area (Å²) in [4.78, 5) is 27.9. The Morgan fingerprint density at radius 1 is 0.483 bits per heavy atom. The lowest BCUT2D eigenvalue weighted by atomic mass is 9.90. The molecule has 0 radical (unpaired) electrons. The molecule has 0 atom stereocenters. The number of halogens is 2. The Kier molecular flexibility index (Phi) is 13.4. The first-order valence-electron chi connectivity index (χ1n) is 18.8. The van der Waals surface area contributed by atoms with E-state index in [0.717, 1.165) is 77.8 Å². The number of fused-ring (bicyclic) bond motifs is 4. The lowest BCUT2D eigenvalue weighted by molar-refractivity contribution is -0.001000. The first kappa shape index (κ1) is 44.5. The first-order chi connectivity index (χ1) is 27.7. The number of benzene rings is 6. The van der Waals surface area contributed by atoms with Gasteiger partial charge in [-0.2, -0.15) is 0 Å². The molecule has 0 spiro atoms. The second-order valence-electron chi connectivity index (χ2n) is 15.0. The van der Waals surface area contributed by atoms with Crippen LogP contribution in [0.15, 0.2) is 130 Å². The summed E-state index contributed by atoms with van der Waals surface area (Å²) in [5.41, 5.74) is 8.88. The number of anilines is 2. The number of rotatable bonds is 6. The predicted octanol–water partition coefficient (Wildman–Crippen LogP) is 2.01. The number of carboxylic acid groups (broad SMARTS) is 2. The molecule has 2 aliphatic carbocycles. The molecule has 10 nitrogen and oxygen atoms in total. The highest BCUT2D eigenvalue weighted by Gasteiger charge is 2.24. The fraction of sp³-hybridized carbons (Fsp3) is 0.167. The van der Waals surface area contributed by atoms with Crippen LogP contribution in [0.25, 0.3) is 66.8 Å². The maximum Gasteiger partial charge on any atom is 0.336 e. The third-order valence-electron chi connectivity index (χ3n) is 10.3. The minimum Gasteiger partial charge on any atom is -1.00 e. The van der Waals surface area contributed by atoms with Crippen LogP contribution in [-0.2, 0) is 0 Å². The lowest BCUT2D eigenvalue weighted by Gasteiger charge is -2.18. The third kappa shape index (κ3) is 8.57. The van der Waals surface area contributed by atoms with E-state index < -0.39 is 11.9 Å². The molecule has 8 rings (SSSR count). The van der Waals surface area contributed by atoms with Crippen molar-refractivity contribution < 1.29 is 53.5 Å². The van der Waals surface area contributed by atoms with Crippen LogP contribution in [0.3, 0.4) is 0 Å². The topological polar surface area (TPSA) is 113 Å². The number of carboxylic acids is 2. The summed E-state index contributed by atoms with van der Waals surface area (Å²) in [6.45, 7) is 0. The van der Waals surface area contributed by atoms with Gasteiger partial charge in [0, 0.05) is 96.9 Å². The first-order valence-corrected chi connectivity index (χ1v) is 18.8. The standard InChI is InChI=1S/2C24H22N2O3.2ClH/c2*1-25(2)15-9-11-19-21(13-15)29-22-14-16(26(3)4)10-12-20(22)23(19)17-7-5-6-8-18(17)24(27)28;;/h2*5-14H,1-4H3;2*1H. The van der Waals surface area contributed by atoms with E-state index in [9.17, 15) is 19.8 Å². The van der Waals surface area contributed by atoms with Crippen molar-refractivity contribution in [2.24, 2.45) is 0 Å². The molecule has 0 bridgehead atoms. The maximum absolute atomic E-state index is 11.9. The molecule has 308 valence electrons. The van der Waals surface area contributed by atoms with Gasteiger partial charge in [-0.3, -0.25) is 0 Å². The van der Waals surface area contributed by atoms with E-state index in [2.05, 4.69) is 0 Å². The highest BCUT2D eigenvalue weighted by Crippen LogP contribution is 2.43. The van der Waals surface area contributed by atoms with Crippen LogP contribution in [0.5, 0.6) is 0 Å². The Bertz CT molecular complexity index is 2780. The number of hydrogen-bond donors (Lipinski definition) is 2. The van der Waals surface area contributed by atoms with Crippen molar-refractivity contribution in [2.45, 2.75) is 0 Å². The number of carbonyl (C=O) groups is 2. The summed E-state index contributed by atoms with van der Waals surface area (Å²) in [6, 6.07) is 38.3. The second kappa shape index (κ2) is 18.1. The zero-order valence-electron chi connectivity index (χ0n) is 34.6. The van der Waals surface area contributed by atoms with Crippen molar-refractivity contribution in [3.8, 4) is 44.9 Å². The van der Waals surface area contributed by atoms with Gasteiger partial charge in [0.1, 0.15) is 50.9 Å². The molecule has 0 saturated carbocycles. The molecule has 4 aliphatic rings. The van der Waals surface area contributed by atoms with Crippen molar-refractivity contribution in [1.29, 1.82) is 0 Å². The average Bonchev–Trinajstić information content (AvgIpc) is 3.21. The van der Waals surface area contributed by atoms with Gasteiger partial charge >= 0.3 is 11.9 Å².